The SMILES string of the molecule is Cc1cc(C[C@H]2CN(C(=O)OC(C)(C)C)C[C@H]2OCCN(CC(F)(F)c2ccccn2)C(=O)OC(C)(C)C)nc(N(Cc2ccccc2)C(=O)OC(C)(C)C)c1. The fourth-order valence-corrected chi connectivity index (χ4v) is 6.03. The van der Waals surface area contributed by atoms with Crippen molar-refractivity contribution in [3.63, 3.8) is 0 Å². The number of alkyl halides is 2. The van der Waals surface area contributed by atoms with Crippen LogP contribution in [-0.4, -0.2) is 93.7 Å². The number of benzene rings is 1. The fourth-order valence-electron chi connectivity index (χ4n) is 6.03. The highest BCUT2D eigenvalue weighted by molar-refractivity contribution is 5.86. The van der Waals surface area contributed by atoms with Gasteiger partial charge in [-0.25, -0.2) is 19.4 Å². The summed E-state index contributed by atoms with van der Waals surface area (Å²) >= 11 is 0. The molecule has 1 aliphatic heterocycles. The van der Waals surface area contributed by atoms with Gasteiger partial charge in [-0.1, -0.05) is 36.4 Å². The zero-order valence-electron chi connectivity index (χ0n) is 34.3. The Morgan fingerprint density at radius 3 is 2.05 bits per heavy atom. The number of nitrogens with zero attached hydrogens (tertiary/aromatic N) is 5. The lowest BCUT2D eigenvalue weighted by Gasteiger charge is -2.30. The van der Waals surface area contributed by atoms with Crippen LogP contribution in [0.4, 0.5) is 29.0 Å². The summed E-state index contributed by atoms with van der Waals surface area (Å²) in [6.07, 6.45) is -0.944. The van der Waals surface area contributed by atoms with Gasteiger partial charge in [-0.05, 0) is 111 Å². The van der Waals surface area contributed by atoms with E-state index in [-0.39, 0.29) is 38.7 Å². The number of ether oxygens (including phenoxy) is 4. The Kier molecular flexibility index (Phi) is 14.1. The average molecular weight is 782 g/mol. The first-order valence-electron chi connectivity index (χ1n) is 18.9. The second-order valence-corrected chi connectivity index (χ2v) is 17.1. The zero-order chi connectivity index (χ0) is 41.5. The van der Waals surface area contributed by atoms with Crippen molar-refractivity contribution in [3.05, 3.63) is 89.4 Å². The third kappa shape index (κ3) is 13.7. The average Bonchev–Trinajstić information content (AvgIpc) is 3.47. The molecule has 0 spiro atoms. The molecule has 306 valence electrons. The lowest BCUT2D eigenvalue weighted by atomic mass is 9.98. The van der Waals surface area contributed by atoms with Crippen molar-refractivity contribution >= 4 is 24.1 Å². The molecule has 3 amide bonds. The maximum Gasteiger partial charge on any atom is 0.416 e. The molecule has 4 rings (SSSR count). The molecule has 0 saturated carbocycles. The van der Waals surface area contributed by atoms with E-state index in [4.69, 9.17) is 23.9 Å². The van der Waals surface area contributed by atoms with Gasteiger partial charge in [0, 0.05) is 30.9 Å². The van der Waals surface area contributed by atoms with Crippen molar-refractivity contribution in [2.75, 3.05) is 37.7 Å². The fraction of sp³-hybridized carbons (Fsp3) is 0.548. The molecule has 0 bridgehead atoms. The molecule has 1 aromatic carbocycles. The summed E-state index contributed by atoms with van der Waals surface area (Å²) in [5.74, 6) is -3.37. The Morgan fingerprint density at radius 1 is 0.821 bits per heavy atom. The van der Waals surface area contributed by atoms with Crippen molar-refractivity contribution in [2.45, 2.75) is 111 Å². The Bertz CT molecular complexity index is 1780. The van der Waals surface area contributed by atoms with Crippen LogP contribution in [0.1, 0.15) is 84.8 Å². The van der Waals surface area contributed by atoms with E-state index in [9.17, 15) is 14.4 Å². The quantitative estimate of drug-likeness (QED) is 0.166. The molecule has 3 heterocycles. The lowest BCUT2D eigenvalue weighted by molar-refractivity contribution is -0.0583. The third-order valence-electron chi connectivity index (χ3n) is 8.36. The molecule has 1 aliphatic rings. The minimum Gasteiger partial charge on any atom is -0.444 e. The number of likely N-dealkylation sites (tertiary alicyclic amines) is 1. The van der Waals surface area contributed by atoms with E-state index in [2.05, 4.69) is 4.98 Å². The van der Waals surface area contributed by atoms with E-state index in [0.29, 0.717) is 17.9 Å². The Labute approximate surface area is 329 Å². The van der Waals surface area contributed by atoms with Gasteiger partial charge in [0.25, 0.3) is 0 Å². The van der Waals surface area contributed by atoms with Crippen molar-refractivity contribution in [3.8, 4) is 0 Å². The summed E-state index contributed by atoms with van der Waals surface area (Å²) in [6.45, 7) is 16.9. The van der Waals surface area contributed by atoms with Gasteiger partial charge in [0.05, 0.1) is 32.3 Å². The van der Waals surface area contributed by atoms with Gasteiger partial charge < -0.3 is 23.8 Å². The third-order valence-corrected chi connectivity index (χ3v) is 8.36. The molecule has 0 radical (unpaired) electrons. The second kappa shape index (κ2) is 18.0. The molecule has 0 aliphatic carbocycles. The van der Waals surface area contributed by atoms with Crippen LogP contribution in [0.5, 0.6) is 0 Å². The zero-order valence-corrected chi connectivity index (χ0v) is 34.3. The predicted molar refractivity (Wildman–Crippen MR) is 209 cm³/mol. The molecule has 0 N–H and O–H groups in total. The monoisotopic (exact) mass is 781 g/mol. The van der Waals surface area contributed by atoms with E-state index >= 15 is 8.78 Å². The Hall–Kier alpha value is -4.85. The summed E-state index contributed by atoms with van der Waals surface area (Å²) in [5, 5.41) is 0. The smallest absolute Gasteiger partial charge is 0.416 e. The van der Waals surface area contributed by atoms with Crippen molar-refractivity contribution < 1.29 is 42.1 Å². The van der Waals surface area contributed by atoms with Gasteiger partial charge in [0.15, 0.2) is 0 Å². The lowest BCUT2D eigenvalue weighted by Crippen LogP contribution is -2.44. The molecular weight excluding hydrogens is 724 g/mol. The molecule has 14 heteroatoms. The first-order valence-corrected chi connectivity index (χ1v) is 18.9. The molecule has 1 fully saturated rings. The van der Waals surface area contributed by atoms with Gasteiger partial charge in [-0.2, -0.15) is 8.78 Å². The summed E-state index contributed by atoms with van der Waals surface area (Å²) in [7, 11) is 0. The molecule has 2 atom stereocenters. The number of rotatable bonds is 12. The van der Waals surface area contributed by atoms with Crippen molar-refractivity contribution in [1.82, 2.24) is 19.8 Å². The number of halogens is 2. The molecule has 56 heavy (non-hydrogen) atoms. The minimum absolute atomic E-state index is 0.128. The van der Waals surface area contributed by atoms with Crippen LogP contribution in [0.15, 0.2) is 66.9 Å². The number of aromatic nitrogens is 2. The topological polar surface area (TPSA) is 124 Å². The summed E-state index contributed by atoms with van der Waals surface area (Å²) in [5.41, 5.74) is -0.498. The van der Waals surface area contributed by atoms with Crippen LogP contribution in [-0.2, 0) is 37.8 Å². The number of hydrogen-bond donors (Lipinski definition) is 0. The molecule has 12 nitrogen and oxygen atoms in total. The van der Waals surface area contributed by atoms with Gasteiger partial charge in [-0.15, -0.1) is 0 Å². The minimum atomic E-state index is -3.47. The number of carbonyl (C=O) groups is 3. The van der Waals surface area contributed by atoms with Gasteiger partial charge in [-0.3, -0.25) is 14.8 Å². The van der Waals surface area contributed by atoms with Crippen LogP contribution in [0.3, 0.4) is 0 Å². The van der Waals surface area contributed by atoms with Gasteiger partial charge in [0.2, 0.25) is 0 Å². The normalized spacial score (nSPS) is 16.3. The first kappa shape index (κ1) is 43.9. The highest BCUT2D eigenvalue weighted by atomic mass is 19.3. The highest BCUT2D eigenvalue weighted by Gasteiger charge is 2.41. The maximum absolute atomic E-state index is 15.4. The van der Waals surface area contributed by atoms with E-state index in [0.717, 1.165) is 16.0 Å². The number of hydrogen-bond acceptors (Lipinski definition) is 9. The molecule has 3 aromatic rings. The van der Waals surface area contributed by atoms with E-state index in [1.54, 1.807) is 67.2 Å². The largest absolute Gasteiger partial charge is 0.444 e. The van der Waals surface area contributed by atoms with Crippen LogP contribution in [0.25, 0.3) is 0 Å². The number of aryl methyl sites for hydroxylation is 1. The van der Waals surface area contributed by atoms with Crippen LogP contribution in [0.2, 0.25) is 0 Å². The van der Waals surface area contributed by atoms with E-state index in [1.165, 1.54) is 29.3 Å². The molecule has 2 aromatic heterocycles. The number of amides is 3. The summed E-state index contributed by atoms with van der Waals surface area (Å²) in [4.78, 5) is 52.8. The summed E-state index contributed by atoms with van der Waals surface area (Å²) in [6, 6.07) is 17.5. The van der Waals surface area contributed by atoms with Crippen molar-refractivity contribution in [1.29, 1.82) is 0 Å². The van der Waals surface area contributed by atoms with Gasteiger partial charge >= 0.3 is 24.2 Å². The molecule has 1 saturated heterocycles. The Balaban J connectivity index is 1.59. The van der Waals surface area contributed by atoms with Crippen LogP contribution in [0, 0.1) is 12.8 Å². The first-order chi connectivity index (χ1) is 26.0. The highest BCUT2D eigenvalue weighted by Crippen LogP contribution is 2.30. The standard InChI is InChI=1S/C42H57F2N5O7/c1-29-22-32(46-35(23-29)49(38(52)56-41(8,9)10)25-30-16-12-11-13-17-30)24-31-26-48(37(51)55-40(5,6)7)27-33(31)53-21-20-47(36(50)54-39(2,3)4)28-42(43,44)34-18-14-15-19-45-34/h11-19,22-23,31,33H,20-21,24-28H2,1-10H3/t31-,33+/m0/s1. The second-order valence-electron chi connectivity index (χ2n) is 17.1. The van der Waals surface area contributed by atoms with Crippen molar-refractivity contribution in [2.24, 2.45) is 5.92 Å². The van der Waals surface area contributed by atoms with E-state index < -0.39 is 59.3 Å². The van der Waals surface area contributed by atoms with Crippen LogP contribution >= 0.6 is 0 Å². The molecule has 0 unspecified atom stereocenters. The number of carbonyl (C=O) groups excluding carboxylic acids is 3. The van der Waals surface area contributed by atoms with E-state index in [1.807, 2.05) is 49.4 Å². The van der Waals surface area contributed by atoms with Gasteiger partial charge in [0.1, 0.15) is 28.3 Å². The number of pyridine rings is 2. The molecular formula is C42H57F2N5O7. The van der Waals surface area contributed by atoms with Crippen LogP contribution < -0.4 is 4.90 Å². The maximum atomic E-state index is 15.4. The Morgan fingerprint density at radius 2 is 1.45 bits per heavy atom. The predicted octanol–water partition coefficient (Wildman–Crippen LogP) is 8.55. The number of anilines is 1. The summed E-state index contributed by atoms with van der Waals surface area (Å²) < 4.78 is 54.1.